The number of aromatic amines is 1. The van der Waals surface area contributed by atoms with E-state index in [1.54, 1.807) is 17.8 Å². The van der Waals surface area contributed by atoms with Crippen molar-refractivity contribution in [2.75, 3.05) is 19.1 Å². The third-order valence-electron chi connectivity index (χ3n) is 2.17. The molecule has 1 aromatic rings. The Morgan fingerprint density at radius 2 is 2.24 bits per heavy atom. The van der Waals surface area contributed by atoms with Crippen LogP contribution in [0.4, 0.5) is 0 Å². The van der Waals surface area contributed by atoms with E-state index >= 15 is 0 Å². The monoisotopic (exact) mass is 277 g/mol. The van der Waals surface area contributed by atoms with Crippen LogP contribution in [-0.4, -0.2) is 38.5 Å². The molecule has 7 heteroatoms. The zero-order chi connectivity index (χ0) is 12.9. The SMILES string of the molecule is CNCc1cc(S(=O)(=O)NC(C)CSC)c[nH]1. The van der Waals surface area contributed by atoms with E-state index in [9.17, 15) is 8.42 Å². The third kappa shape index (κ3) is 4.34. The van der Waals surface area contributed by atoms with Gasteiger partial charge in [-0.15, -0.1) is 0 Å². The fourth-order valence-corrected chi connectivity index (χ4v) is 3.43. The van der Waals surface area contributed by atoms with Crippen LogP contribution in [0.3, 0.4) is 0 Å². The summed E-state index contributed by atoms with van der Waals surface area (Å²) in [5, 5.41) is 2.96. The quantitative estimate of drug-likeness (QED) is 0.688. The molecule has 3 N–H and O–H groups in total. The average Bonchev–Trinajstić information content (AvgIpc) is 2.67. The van der Waals surface area contributed by atoms with Crippen LogP contribution in [-0.2, 0) is 16.6 Å². The van der Waals surface area contributed by atoms with Crippen molar-refractivity contribution in [1.82, 2.24) is 15.0 Å². The minimum atomic E-state index is -3.40. The number of H-pyrrole nitrogens is 1. The molecule has 0 aromatic carbocycles. The maximum absolute atomic E-state index is 12.0. The van der Waals surface area contributed by atoms with E-state index in [-0.39, 0.29) is 10.9 Å². The molecule has 0 amide bonds. The van der Waals surface area contributed by atoms with Gasteiger partial charge < -0.3 is 10.3 Å². The second-order valence-corrected chi connectivity index (χ2v) is 6.49. The van der Waals surface area contributed by atoms with Crippen molar-refractivity contribution in [2.24, 2.45) is 0 Å². The smallest absolute Gasteiger partial charge is 0.242 e. The molecular formula is C10H19N3O2S2. The van der Waals surface area contributed by atoms with Crippen molar-refractivity contribution in [3.63, 3.8) is 0 Å². The van der Waals surface area contributed by atoms with Gasteiger partial charge in [0.05, 0.1) is 4.90 Å². The Morgan fingerprint density at radius 1 is 1.53 bits per heavy atom. The summed E-state index contributed by atoms with van der Waals surface area (Å²) in [5.74, 6) is 0.757. The van der Waals surface area contributed by atoms with Gasteiger partial charge in [0, 0.05) is 30.2 Å². The maximum atomic E-state index is 12.0. The number of hydrogen-bond acceptors (Lipinski definition) is 4. The van der Waals surface area contributed by atoms with Gasteiger partial charge >= 0.3 is 0 Å². The van der Waals surface area contributed by atoms with Gasteiger partial charge in [-0.25, -0.2) is 13.1 Å². The summed E-state index contributed by atoms with van der Waals surface area (Å²) in [5.41, 5.74) is 0.852. The first-order valence-corrected chi connectivity index (χ1v) is 8.20. The summed E-state index contributed by atoms with van der Waals surface area (Å²) in [6.45, 7) is 2.48. The van der Waals surface area contributed by atoms with Crippen LogP contribution in [0.1, 0.15) is 12.6 Å². The third-order valence-corrected chi connectivity index (χ3v) is 4.57. The first-order valence-electron chi connectivity index (χ1n) is 5.32. The highest BCUT2D eigenvalue weighted by atomic mass is 32.2. The number of hydrogen-bond donors (Lipinski definition) is 3. The molecule has 0 bridgehead atoms. The van der Waals surface area contributed by atoms with Gasteiger partial charge in [-0.1, -0.05) is 0 Å². The highest BCUT2D eigenvalue weighted by Gasteiger charge is 2.18. The van der Waals surface area contributed by atoms with E-state index in [0.29, 0.717) is 6.54 Å². The van der Waals surface area contributed by atoms with Crippen molar-refractivity contribution >= 4 is 21.8 Å². The van der Waals surface area contributed by atoms with Crippen molar-refractivity contribution in [1.29, 1.82) is 0 Å². The Balaban J connectivity index is 2.75. The van der Waals surface area contributed by atoms with Gasteiger partial charge in [0.2, 0.25) is 10.0 Å². The van der Waals surface area contributed by atoms with E-state index in [1.165, 1.54) is 6.20 Å². The Morgan fingerprint density at radius 3 is 2.82 bits per heavy atom. The number of aromatic nitrogens is 1. The molecule has 98 valence electrons. The number of rotatable bonds is 7. The van der Waals surface area contributed by atoms with Crippen LogP contribution < -0.4 is 10.0 Å². The number of nitrogens with one attached hydrogen (secondary N) is 3. The van der Waals surface area contributed by atoms with E-state index in [4.69, 9.17) is 0 Å². The Hall–Kier alpha value is -0.500. The van der Waals surface area contributed by atoms with Crippen LogP contribution in [0.25, 0.3) is 0 Å². The standard InChI is InChI=1S/C10H19N3O2S2/c1-8(7-16-3)13-17(14,15)10-4-9(5-11-2)12-6-10/h4,6,8,11-13H,5,7H2,1-3H3. The molecule has 0 saturated heterocycles. The zero-order valence-corrected chi connectivity index (χ0v) is 11.9. The zero-order valence-electron chi connectivity index (χ0n) is 10.3. The van der Waals surface area contributed by atoms with Crippen LogP contribution in [0.2, 0.25) is 0 Å². The molecule has 0 radical (unpaired) electrons. The minimum Gasteiger partial charge on any atom is -0.363 e. The summed E-state index contributed by atoms with van der Waals surface area (Å²) in [4.78, 5) is 3.22. The molecule has 0 aliphatic heterocycles. The summed E-state index contributed by atoms with van der Waals surface area (Å²) in [7, 11) is -1.59. The van der Waals surface area contributed by atoms with E-state index < -0.39 is 10.0 Å². The molecule has 1 aromatic heterocycles. The average molecular weight is 277 g/mol. The number of thioether (sulfide) groups is 1. The lowest BCUT2D eigenvalue weighted by Crippen LogP contribution is -2.34. The molecule has 1 unspecified atom stereocenters. The van der Waals surface area contributed by atoms with Crippen molar-refractivity contribution in [2.45, 2.75) is 24.4 Å². The Bertz CT molecular complexity index is 442. The Labute approximate surface area is 107 Å². The molecule has 0 fully saturated rings. The van der Waals surface area contributed by atoms with Crippen LogP contribution in [0.5, 0.6) is 0 Å². The minimum absolute atomic E-state index is 0.0716. The van der Waals surface area contributed by atoms with Crippen LogP contribution in [0, 0.1) is 0 Å². The molecule has 0 saturated carbocycles. The fourth-order valence-electron chi connectivity index (χ4n) is 1.48. The molecule has 1 heterocycles. The second-order valence-electron chi connectivity index (χ2n) is 3.87. The molecule has 0 aliphatic rings. The van der Waals surface area contributed by atoms with Gasteiger partial charge in [-0.3, -0.25) is 0 Å². The molecule has 17 heavy (non-hydrogen) atoms. The lowest BCUT2D eigenvalue weighted by atomic mass is 10.4. The lowest BCUT2D eigenvalue weighted by molar-refractivity contribution is 0.571. The topological polar surface area (TPSA) is 74.0 Å². The first-order chi connectivity index (χ1) is 7.99. The second kappa shape index (κ2) is 6.44. The molecule has 0 spiro atoms. The number of sulfonamides is 1. The van der Waals surface area contributed by atoms with E-state index in [0.717, 1.165) is 11.4 Å². The van der Waals surface area contributed by atoms with Crippen molar-refractivity contribution in [3.8, 4) is 0 Å². The predicted molar refractivity (Wildman–Crippen MR) is 71.7 cm³/mol. The van der Waals surface area contributed by atoms with Gasteiger partial charge in [0.25, 0.3) is 0 Å². The van der Waals surface area contributed by atoms with Gasteiger partial charge in [0.15, 0.2) is 0 Å². The van der Waals surface area contributed by atoms with Crippen LogP contribution in [0.15, 0.2) is 17.2 Å². The van der Waals surface area contributed by atoms with E-state index in [1.807, 2.05) is 20.2 Å². The van der Waals surface area contributed by atoms with Crippen LogP contribution >= 0.6 is 11.8 Å². The van der Waals surface area contributed by atoms with Crippen molar-refractivity contribution in [3.05, 3.63) is 18.0 Å². The normalized spacial score (nSPS) is 13.8. The fraction of sp³-hybridized carbons (Fsp3) is 0.600. The molecule has 0 aliphatic carbocycles. The molecule has 1 atom stereocenters. The lowest BCUT2D eigenvalue weighted by Gasteiger charge is -2.11. The molecule has 1 rings (SSSR count). The maximum Gasteiger partial charge on any atom is 0.242 e. The molecular weight excluding hydrogens is 258 g/mol. The first kappa shape index (κ1) is 14.6. The van der Waals surface area contributed by atoms with Gasteiger partial charge in [-0.2, -0.15) is 11.8 Å². The summed E-state index contributed by atoms with van der Waals surface area (Å²) < 4.78 is 26.6. The summed E-state index contributed by atoms with van der Waals surface area (Å²) in [6.07, 6.45) is 3.47. The van der Waals surface area contributed by atoms with Crippen molar-refractivity contribution < 1.29 is 8.42 Å². The largest absolute Gasteiger partial charge is 0.363 e. The summed E-state index contributed by atoms with van der Waals surface area (Å²) in [6, 6.07) is 1.57. The predicted octanol–water partition coefficient (Wildman–Crippen LogP) is 0.764. The Kier molecular flexibility index (Phi) is 5.51. The van der Waals surface area contributed by atoms with E-state index in [2.05, 4.69) is 15.0 Å². The highest BCUT2D eigenvalue weighted by Crippen LogP contribution is 2.11. The van der Waals surface area contributed by atoms with Gasteiger partial charge in [0.1, 0.15) is 0 Å². The summed E-state index contributed by atoms with van der Waals surface area (Å²) >= 11 is 1.61. The highest BCUT2D eigenvalue weighted by molar-refractivity contribution is 7.98. The molecule has 5 nitrogen and oxygen atoms in total. The van der Waals surface area contributed by atoms with Gasteiger partial charge in [-0.05, 0) is 26.3 Å².